The van der Waals surface area contributed by atoms with E-state index in [0.29, 0.717) is 0 Å². The molecule has 0 amide bonds. The highest BCUT2D eigenvalue weighted by molar-refractivity contribution is 5.30. The number of nitrogens with one attached hydrogen (secondary N) is 1. The normalized spacial score (nSPS) is 19.9. The van der Waals surface area contributed by atoms with Crippen molar-refractivity contribution < 1.29 is 0 Å². The third-order valence-electron chi connectivity index (χ3n) is 1.91. The van der Waals surface area contributed by atoms with Crippen molar-refractivity contribution in [2.24, 2.45) is 5.73 Å². The van der Waals surface area contributed by atoms with Gasteiger partial charge in [-0.1, -0.05) is 13.0 Å². The van der Waals surface area contributed by atoms with Crippen LogP contribution < -0.4 is 11.1 Å². The summed E-state index contributed by atoms with van der Waals surface area (Å²) in [6, 6.07) is 0.165. The van der Waals surface area contributed by atoms with E-state index in [-0.39, 0.29) is 6.04 Å². The number of nitrogens with two attached hydrogens (primary N) is 1. The summed E-state index contributed by atoms with van der Waals surface area (Å²) in [7, 11) is 0. The number of dihydropyridines is 1. The molecule has 0 spiro atoms. The molecular formula is C9H16N2. The summed E-state index contributed by atoms with van der Waals surface area (Å²) in [5, 5.41) is 3.28. The Morgan fingerprint density at radius 2 is 2.45 bits per heavy atom. The first-order valence-corrected chi connectivity index (χ1v) is 4.14. The monoisotopic (exact) mass is 152 g/mol. The molecule has 1 unspecified atom stereocenters. The van der Waals surface area contributed by atoms with E-state index in [1.807, 2.05) is 6.92 Å². The second-order valence-electron chi connectivity index (χ2n) is 2.90. The molecule has 1 heterocycles. The van der Waals surface area contributed by atoms with Crippen molar-refractivity contribution in [3.63, 3.8) is 0 Å². The van der Waals surface area contributed by atoms with Gasteiger partial charge in [-0.15, -0.1) is 0 Å². The van der Waals surface area contributed by atoms with Crippen LogP contribution in [0.3, 0.4) is 0 Å². The molecule has 0 fully saturated rings. The third kappa shape index (κ3) is 2.09. The molecular weight excluding hydrogens is 136 g/mol. The Bertz CT molecular complexity index is 190. The SMILES string of the molecule is CCC1=CC(C(C)N)=CCN1. The van der Waals surface area contributed by atoms with Crippen molar-refractivity contribution >= 4 is 0 Å². The third-order valence-corrected chi connectivity index (χ3v) is 1.91. The zero-order valence-electron chi connectivity index (χ0n) is 7.22. The van der Waals surface area contributed by atoms with Gasteiger partial charge in [0.15, 0.2) is 0 Å². The van der Waals surface area contributed by atoms with Crippen molar-refractivity contribution in [3.05, 3.63) is 23.4 Å². The van der Waals surface area contributed by atoms with E-state index in [4.69, 9.17) is 5.73 Å². The lowest BCUT2D eigenvalue weighted by molar-refractivity contribution is 0.787. The summed E-state index contributed by atoms with van der Waals surface area (Å²) in [6.07, 6.45) is 5.35. The quantitative estimate of drug-likeness (QED) is 0.623. The predicted octanol–water partition coefficient (Wildman–Crippen LogP) is 1.16. The van der Waals surface area contributed by atoms with Gasteiger partial charge in [-0.25, -0.2) is 0 Å². The van der Waals surface area contributed by atoms with Crippen LogP contribution in [-0.4, -0.2) is 12.6 Å². The minimum absolute atomic E-state index is 0.165. The lowest BCUT2D eigenvalue weighted by atomic mass is 10.0. The van der Waals surface area contributed by atoms with Crippen molar-refractivity contribution in [2.75, 3.05) is 6.54 Å². The molecule has 0 aliphatic carbocycles. The Labute approximate surface area is 68.2 Å². The molecule has 1 rings (SSSR count). The minimum Gasteiger partial charge on any atom is -0.385 e. The van der Waals surface area contributed by atoms with Crippen molar-refractivity contribution in [1.29, 1.82) is 0 Å². The molecule has 1 aliphatic heterocycles. The maximum Gasteiger partial charge on any atom is 0.0334 e. The second-order valence-corrected chi connectivity index (χ2v) is 2.90. The lowest BCUT2D eigenvalue weighted by Crippen LogP contribution is -2.24. The lowest BCUT2D eigenvalue weighted by Gasteiger charge is -2.16. The van der Waals surface area contributed by atoms with Crippen LogP contribution in [0.1, 0.15) is 20.3 Å². The van der Waals surface area contributed by atoms with Gasteiger partial charge in [-0.2, -0.15) is 0 Å². The summed E-state index contributed by atoms with van der Waals surface area (Å²) in [4.78, 5) is 0. The van der Waals surface area contributed by atoms with E-state index >= 15 is 0 Å². The molecule has 62 valence electrons. The minimum atomic E-state index is 0.165. The van der Waals surface area contributed by atoms with E-state index in [9.17, 15) is 0 Å². The molecule has 1 atom stereocenters. The Morgan fingerprint density at radius 1 is 1.73 bits per heavy atom. The number of rotatable bonds is 2. The van der Waals surface area contributed by atoms with E-state index in [2.05, 4.69) is 24.4 Å². The predicted molar refractivity (Wildman–Crippen MR) is 48.1 cm³/mol. The molecule has 0 aromatic heterocycles. The molecule has 0 bridgehead atoms. The molecule has 3 N–H and O–H groups in total. The maximum absolute atomic E-state index is 5.74. The van der Waals surface area contributed by atoms with Gasteiger partial charge in [-0.05, 0) is 25.0 Å². The van der Waals surface area contributed by atoms with Gasteiger partial charge in [0.05, 0.1) is 0 Å². The van der Waals surface area contributed by atoms with Gasteiger partial charge in [0.1, 0.15) is 0 Å². The van der Waals surface area contributed by atoms with Crippen LogP contribution in [-0.2, 0) is 0 Å². The van der Waals surface area contributed by atoms with Crippen molar-refractivity contribution in [3.8, 4) is 0 Å². The fourth-order valence-electron chi connectivity index (χ4n) is 1.16. The fourth-order valence-corrected chi connectivity index (χ4v) is 1.16. The van der Waals surface area contributed by atoms with E-state index < -0.39 is 0 Å². The molecule has 0 radical (unpaired) electrons. The van der Waals surface area contributed by atoms with E-state index in [1.165, 1.54) is 11.3 Å². The Kier molecular flexibility index (Phi) is 2.71. The summed E-state index contributed by atoms with van der Waals surface area (Å²) in [5.74, 6) is 0. The Balaban J connectivity index is 2.68. The molecule has 11 heavy (non-hydrogen) atoms. The molecule has 2 nitrogen and oxygen atoms in total. The zero-order chi connectivity index (χ0) is 8.27. The van der Waals surface area contributed by atoms with Crippen LogP contribution in [0.2, 0.25) is 0 Å². The van der Waals surface area contributed by atoms with E-state index in [0.717, 1.165) is 13.0 Å². The second kappa shape index (κ2) is 3.58. The zero-order valence-corrected chi connectivity index (χ0v) is 7.22. The average Bonchev–Trinajstić information content (AvgIpc) is 2.05. The first-order valence-electron chi connectivity index (χ1n) is 4.14. The van der Waals surface area contributed by atoms with Crippen molar-refractivity contribution in [2.45, 2.75) is 26.3 Å². The van der Waals surface area contributed by atoms with Crippen LogP contribution >= 0.6 is 0 Å². The van der Waals surface area contributed by atoms with Gasteiger partial charge in [0.2, 0.25) is 0 Å². The molecule has 0 aromatic rings. The van der Waals surface area contributed by atoms with Crippen LogP contribution in [0.15, 0.2) is 23.4 Å². The molecule has 0 saturated heterocycles. The van der Waals surface area contributed by atoms with Gasteiger partial charge in [0, 0.05) is 18.3 Å². The maximum atomic E-state index is 5.74. The molecule has 1 aliphatic rings. The number of allylic oxidation sites excluding steroid dienone is 1. The molecule has 0 saturated carbocycles. The first-order chi connectivity index (χ1) is 5.24. The highest BCUT2D eigenvalue weighted by Gasteiger charge is 2.05. The van der Waals surface area contributed by atoms with Crippen molar-refractivity contribution in [1.82, 2.24) is 5.32 Å². The smallest absolute Gasteiger partial charge is 0.0334 e. The standard InChI is InChI=1S/C9H16N2/c1-3-9-6-8(7(2)10)4-5-11-9/h4,6-7,11H,3,5,10H2,1-2H3. The highest BCUT2D eigenvalue weighted by Crippen LogP contribution is 2.10. The van der Waals surface area contributed by atoms with Crippen LogP contribution in [0, 0.1) is 0 Å². The average molecular weight is 152 g/mol. The molecule has 2 heteroatoms. The van der Waals surface area contributed by atoms with Gasteiger partial charge in [0.25, 0.3) is 0 Å². The van der Waals surface area contributed by atoms with Crippen LogP contribution in [0.5, 0.6) is 0 Å². The topological polar surface area (TPSA) is 38.0 Å². The van der Waals surface area contributed by atoms with E-state index in [1.54, 1.807) is 0 Å². The Morgan fingerprint density at radius 3 is 3.00 bits per heavy atom. The van der Waals surface area contributed by atoms with Crippen LogP contribution in [0.4, 0.5) is 0 Å². The number of hydrogen-bond acceptors (Lipinski definition) is 2. The van der Waals surface area contributed by atoms with Gasteiger partial charge >= 0.3 is 0 Å². The summed E-state index contributed by atoms with van der Waals surface area (Å²) < 4.78 is 0. The summed E-state index contributed by atoms with van der Waals surface area (Å²) in [6.45, 7) is 5.08. The Hall–Kier alpha value is -0.760. The summed E-state index contributed by atoms with van der Waals surface area (Å²) in [5.41, 5.74) is 8.29. The highest BCUT2D eigenvalue weighted by atomic mass is 14.9. The summed E-state index contributed by atoms with van der Waals surface area (Å²) >= 11 is 0. The largest absolute Gasteiger partial charge is 0.385 e. The fraction of sp³-hybridized carbons (Fsp3) is 0.556. The van der Waals surface area contributed by atoms with Gasteiger partial charge < -0.3 is 11.1 Å². The number of hydrogen-bond donors (Lipinski definition) is 2. The van der Waals surface area contributed by atoms with Gasteiger partial charge in [-0.3, -0.25) is 0 Å². The van der Waals surface area contributed by atoms with Crippen LogP contribution in [0.25, 0.3) is 0 Å². The first kappa shape index (κ1) is 8.34. The molecule has 0 aromatic carbocycles.